The van der Waals surface area contributed by atoms with Gasteiger partial charge in [-0.2, -0.15) is 13.9 Å². The molecule has 0 saturated carbocycles. The van der Waals surface area contributed by atoms with Crippen molar-refractivity contribution >= 4 is 17.6 Å². The molecule has 0 aliphatic heterocycles. The SMILES string of the molecule is COC(=O)c1nn(C)cc1NC(=O)c1cccc(COCC(F)(F)C(F)F)c1. The van der Waals surface area contributed by atoms with Gasteiger partial charge >= 0.3 is 18.3 Å². The highest BCUT2D eigenvalue weighted by molar-refractivity contribution is 6.07. The summed E-state index contributed by atoms with van der Waals surface area (Å²) in [5.41, 5.74) is 0.503. The summed E-state index contributed by atoms with van der Waals surface area (Å²) in [5.74, 6) is -5.59. The molecule has 0 aliphatic carbocycles. The van der Waals surface area contributed by atoms with Gasteiger partial charge in [-0.05, 0) is 17.7 Å². The molecule has 1 heterocycles. The van der Waals surface area contributed by atoms with Crippen LogP contribution < -0.4 is 5.32 Å². The summed E-state index contributed by atoms with van der Waals surface area (Å²) in [6, 6.07) is 5.76. The predicted octanol–water partition coefficient (Wildman–Crippen LogP) is 2.88. The fourth-order valence-corrected chi connectivity index (χ4v) is 2.19. The average Bonchev–Trinajstić information content (AvgIpc) is 3.01. The van der Waals surface area contributed by atoms with Gasteiger partial charge < -0.3 is 14.8 Å². The summed E-state index contributed by atoms with van der Waals surface area (Å²) in [6.07, 6.45) is -2.42. The van der Waals surface area contributed by atoms with Gasteiger partial charge in [0, 0.05) is 18.8 Å². The molecular weight excluding hydrogens is 386 g/mol. The number of carbonyl (C=O) groups excluding carboxylic acids is 2. The van der Waals surface area contributed by atoms with Gasteiger partial charge in [0.05, 0.1) is 19.4 Å². The van der Waals surface area contributed by atoms with Crippen molar-refractivity contribution < 1.29 is 36.6 Å². The number of nitrogens with zero attached hydrogens (tertiary/aromatic N) is 2. The van der Waals surface area contributed by atoms with Crippen molar-refractivity contribution in [2.45, 2.75) is 19.0 Å². The molecule has 0 radical (unpaired) electrons. The number of anilines is 1. The molecule has 0 aliphatic rings. The number of halogens is 4. The highest BCUT2D eigenvalue weighted by Crippen LogP contribution is 2.23. The van der Waals surface area contributed by atoms with Crippen LogP contribution in [0.25, 0.3) is 0 Å². The fourth-order valence-electron chi connectivity index (χ4n) is 2.19. The Labute approximate surface area is 157 Å². The van der Waals surface area contributed by atoms with E-state index in [0.717, 1.165) is 0 Å². The minimum Gasteiger partial charge on any atom is -0.464 e. The number of aryl methyl sites for hydroxylation is 1. The van der Waals surface area contributed by atoms with E-state index in [1.807, 2.05) is 0 Å². The van der Waals surface area contributed by atoms with E-state index >= 15 is 0 Å². The van der Waals surface area contributed by atoms with E-state index in [9.17, 15) is 27.2 Å². The second-order valence-corrected chi connectivity index (χ2v) is 5.77. The summed E-state index contributed by atoms with van der Waals surface area (Å²) in [7, 11) is 2.72. The first-order valence-electron chi connectivity index (χ1n) is 7.90. The van der Waals surface area contributed by atoms with Crippen molar-refractivity contribution in [2.24, 2.45) is 7.05 Å². The van der Waals surface area contributed by atoms with E-state index in [4.69, 9.17) is 0 Å². The van der Waals surface area contributed by atoms with Gasteiger partial charge in [-0.3, -0.25) is 9.48 Å². The molecule has 1 amide bonds. The minimum atomic E-state index is -4.25. The maximum Gasteiger partial charge on any atom is 0.360 e. The van der Waals surface area contributed by atoms with Crippen LogP contribution in [-0.4, -0.2) is 47.7 Å². The molecule has 1 aromatic carbocycles. The zero-order valence-electron chi connectivity index (χ0n) is 14.9. The van der Waals surface area contributed by atoms with Crippen LogP contribution in [0.1, 0.15) is 26.4 Å². The molecule has 2 rings (SSSR count). The molecule has 28 heavy (non-hydrogen) atoms. The molecule has 11 heteroatoms. The Balaban J connectivity index is 2.06. The first kappa shape index (κ1) is 21.4. The molecule has 0 bridgehead atoms. The Morgan fingerprint density at radius 2 is 2.04 bits per heavy atom. The first-order valence-corrected chi connectivity index (χ1v) is 7.90. The van der Waals surface area contributed by atoms with Gasteiger partial charge in [0.15, 0.2) is 5.69 Å². The normalized spacial score (nSPS) is 11.5. The number of aromatic nitrogens is 2. The van der Waals surface area contributed by atoms with E-state index in [-0.39, 0.29) is 23.6 Å². The minimum absolute atomic E-state index is 0.0907. The maximum absolute atomic E-state index is 12.8. The first-order chi connectivity index (χ1) is 13.1. The standard InChI is InChI=1S/C17H17F4N3O4/c1-24-7-12(13(23-24)15(26)27-2)22-14(25)11-5-3-4-10(6-11)8-28-9-17(20,21)16(18)19/h3-7,16H,8-9H2,1-2H3,(H,22,25). The Hall–Kier alpha value is -2.95. The predicted molar refractivity (Wildman–Crippen MR) is 89.5 cm³/mol. The van der Waals surface area contributed by atoms with Crippen LogP contribution in [0.2, 0.25) is 0 Å². The van der Waals surface area contributed by atoms with Crippen LogP contribution in [0, 0.1) is 0 Å². The molecule has 0 unspecified atom stereocenters. The second-order valence-electron chi connectivity index (χ2n) is 5.77. The summed E-state index contributed by atoms with van der Waals surface area (Å²) >= 11 is 0. The number of esters is 1. The molecule has 0 saturated heterocycles. The van der Waals surface area contributed by atoms with Crippen LogP contribution in [0.15, 0.2) is 30.5 Å². The molecule has 7 nitrogen and oxygen atoms in total. The monoisotopic (exact) mass is 403 g/mol. The van der Waals surface area contributed by atoms with E-state index in [1.165, 1.54) is 42.3 Å². The van der Waals surface area contributed by atoms with Gasteiger partial charge in [-0.1, -0.05) is 12.1 Å². The van der Waals surface area contributed by atoms with E-state index in [1.54, 1.807) is 7.05 Å². The number of hydrogen-bond donors (Lipinski definition) is 1. The number of methoxy groups -OCH3 is 1. The third-order valence-electron chi connectivity index (χ3n) is 3.53. The molecule has 0 atom stereocenters. The Kier molecular flexibility index (Phi) is 6.73. The Morgan fingerprint density at radius 3 is 2.68 bits per heavy atom. The van der Waals surface area contributed by atoms with E-state index in [0.29, 0.717) is 5.56 Å². The van der Waals surface area contributed by atoms with E-state index < -0.39 is 30.8 Å². The number of hydrogen-bond acceptors (Lipinski definition) is 5. The lowest BCUT2D eigenvalue weighted by Gasteiger charge is -2.15. The number of amides is 1. The highest BCUT2D eigenvalue weighted by Gasteiger charge is 2.40. The van der Waals surface area contributed by atoms with Gasteiger partial charge in [0.1, 0.15) is 6.61 Å². The van der Waals surface area contributed by atoms with Gasteiger partial charge in [-0.15, -0.1) is 0 Å². The van der Waals surface area contributed by atoms with Crippen molar-refractivity contribution in [3.8, 4) is 0 Å². The number of benzene rings is 1. The van der Waals surface area contributed by atoms with Crippen LogP contribution in [0.5, 0.6) is 0 Å². The van der Waals surface area contributed by atoms with Crippen molar-refractivity contribution in [1.82, 2.24) is 9.78 Å². The topological polar surface area (TPSA) is 82.5 Å². The lowest BCUT2D eigenvalue weighted by Crippen LogP contribution is -2.32. The molecule has 0 spiro atoms. The molecule has 1 aromatic heterocycles. The Morgan fingerprint density at radius 1 is 1.32 bits per heavy atom. The van der Waals surface area contributed by atoms with Crippen LogP contribution >= 0.6 is 0 Å². The quantitative estimate of drug-likeness (QED) is 0.542. The van der Waals surface area contributed by atoms with Crippen molar-refractivity contribution in [3.63, 3.8) is 0 Å². The lowest BCUT2D eigenvalue weighted by molar-refractivity contribution is -0.168. The number of rotatable bonds is 8. The molecular formula is C17H17F4N3O4. The molecule has 0 fully saturated rings. The van der Waals surface area contributed by atoms with Gasteiger partial charge in [-0.25, -0.2) is 13.6 Å². The van der Waals surface area contributed by atoms with Gasteiger partial charge in [0.2, 0.25) is 0 Å². The summed E-state index contributed by atoms with van der Waals surface area (Å²) in [6.45, 7) is -1.83. The summed E-state index contributed by atoms with van der Waals surface area (Å²) < 4.78 is 60.4. The van der Waals surface area contributed by atoms with Crippen LogP contribution in [0.3, 0.4) is 0 Å². The third-order valence-corrected chi connectivity index (χ3v) is 3.53. The summed E-state index contributed by atoms with van der Waals surface area (Å²) in [4.78, 5) is 24.1. The zero-order valence-corrected chi connectivity index (χ0v) is 14.9. The smallest absolute Gasteiger partial charge is 0.360 e. The lowest BCUT2D eigenvalue weighted by atomic mass is 10.1. The Bertz CT molecular complexity index is 855. The second kappa shape index (κ2) is 8.83. The number of alkyl halides is 4. The highest BCUT2D eigenvalue weighted by atomic mass is 19.3. The van der Waals surface area contributed by atoms with Crippen molar-refractivity contribution in [1.29, 1.82) is 0 Å². The fraction of sp³-hybridized carbons (Fsp3) is 0.353. The number of nitrogens with one attached hydrogen (secondary N) is 1. The molecule has 2 aromatic rings. The third kappa shape index (κ3) is 5.28. The van der Waals surface area contributed by atoms with E-state index in [2.05, 4.69) is 19.9 Å². The molecule has 152 valence electrons. The average molecular weight is 403 g/mol. The number of carbonyl (C=O) groups is 2. The van der Waals surface area contributed by atoms with Gasteiger partial charge in [0.25, 0.3) is 5.91 Å². The van der Waals surface area contributed by atoms with Crippen molar-refractivity contribution in [2.75, 3.05) is 19.0 Å². The van der Waals surface area contributed by atoms with Crippen LogP contribution in [-0.2, 0) is 23.1 Å². The summed E-state index contributed by atoms with van der Waals surface area (Å²) in [5, 5.41) is 6.40. The largest absolute Gasteiger partial charge is 0.464 e. The van der Waals surface area contributed by atoms with Crippen LogP contribution in [0.4, 0.5) is 23.2 Å². The van der Waals surface area contributed by atoms with Crippen molar-refractivity contribution in [3.05, 3.63) is 47.3 Å². The zero-order chi connectivity index (χ0) is 20.9. The number of ether oxygens (including phenoxy) is 2. The maximum atomic E-state index is 12.8. The molecule has 1 N–H and O–H groups in total.